The molecule has 5 rings (SSSR count). The third-order valence-electron chi connectivity index (χ3n) is 6.81. The summed E-state index contributed by atoms with van der Waals surface area (Å²) in [4.78, 5) is 32.4. The number of aromatic nitrogens is 1. The number of ether oxygens (including phenoxy) is 4. The predicted molar refractivity (Wildman–Crippen MR) is 173 cm³/mol. The van der Waals surface area contributed by atoms with Crippen molar-refractivity contribution in [3.05, 3.63) is 117 Å². The molecule has 1 aromatic heterocycles. The summed E-state index contributed by atoms with van der Waals surface area (Å²) >= 11 is 8.32. The molecular formula is C32H28Br2N2O6S. The molecule has 43 heavy (non-hydrogen) atoms. The summed E-state index contributed by atoms with van der Waals surface area (Å²) in [5.74, 6) is 1.15. The average molecular weight is 728 g/mol. The number of hydrogen-bond donors (Lipinski definition) is 0. The van der Waals surface area contributed by atoms with Crippen molar-refractivity contribution in [3.63, 3.8) is 0 Å². The largest absolute Gasteiger partial charge is 0.493 e. The van der Waals surface area contributed by atoms with E-state index in [0.29, 0.717) is 43.2 Å². The van der Waals surface area contributed by atoms with E-state index in [1.54, 1.807) is 33.1 Å². The van der Waals surface area contributed by atoms with Crippen LogP contribution in [0.3, 0.4) is 0 Å². The van der Waals surface area contributed by atoms with E-state index in [1.807, 2.05) is 54.6 Å². The molecule has 3 aromatic carbocycles. The van der Waals surface area contributed by atoms with Crippen LogP contribution < -0.4 is 29.1 Å². The zero-order chi connectivity index (χ0) is 30.7. The van der Waals surface area contributed by atoms with Gasteiger partial charge in [0.2, 0.25) is 0 Å². The maximum atomic E-state index is 14.0. The molecule has 11 heteroatoms. The lowest BCUT2D eigenvalue weighted by molar-refractivity contribution is -0.139. The normalized spacial score (nSPS) is 14.7. The van der Waals surface area contributed by atoms with E-state index in [2.05, 4.69) is 36.9 Å². The predicted octanol–water partition coefficient (Wildman–Crippen LogP) is 5.92. The number of halogens is 2. The number of thiazole rings is 1. The van der Waals surface area contributed by atoms with E-state index in [9.17, 15) is 9.59 Å². The first-order valence-electron chi connectivity index (χ1n) is 13.3. The molecule has 0 fully saturated rings. The lowest BCUT2D eigenvalue weighted by atomic mass is 9.95. The molecule has 0 spiro atoms. The Morgan fingerprint density at radius 1 is 1.02 bits per heavy atom. The van der Waals surface area contributed by atoms with E-state index in [4.69, 9.17) is 18.9 Å². The first kappa shape index (κ1) is 30.8. The summed E-state index contributed by atoms with van der Waals surface area (Å²) in [5, 5.41) is 0. The van der Waals surface area contributed by atoms with Gasteiger partial charge in [-0.25, -0.2) is 9.79 Å². The van der Waals surface area contributed by atoms with Crippen LogP contribution in [0.4, 0.5) is 0 Å². The molecule has 1 aliphatic heterocycles. The minimum absolute atomic E-state index is 0.183. The number of hydrogen-bond acceptors (Lipinski definition) is 8. The fraction of sp³-hybridized carbons (Fsp3) is 0.219. The topological polar surface area (TPSA) is 88.4 Å². The number of benzene rings is 3. The summed E-state index contributed by atoms with van der Waals surface area (Å²) in [6.07, 6.45) is 1.81. The molecule has 2 heterocycles. The third-order valence-corrected chi connectivity index (χ3v) is 9.01. The van der Waals surface area contributed by atoms with Crippen LogP contribution in [0.5, 0.6) is 17.2 Å². The van der Waals surface area contributed by atoms with Crippen LogP contribution in [-0.4, -0.2) is 31.4 Å². The van der Waals surface area contributed by atoms with Crippen molar-refractivity contribution in [2.75, 3.05) is 20.8 Å². The molecule has 0 amide bonds. The molecule has 0 aliphatic carbocycles. The second-order valence-electron chi connectivity index (χ2n) is 9.52. The SMILES string of the molecule is CCOC(=O)C1=C(C)N=c2s/c(=C\c3ccc(OCc4ccc(Br)cc4)cc3)c(=O)n2[C@@H]1c1cc(OC)c(OC)cc1Br. The van der Waals surface area contributed by atoms with Gasteiger partial charge in [0.1, 0.15) is 12.4 Å². The number of fused-ring (bicyclic) bond motifs is 1. The Balaban J connectivity index is 1.55. The number of allylic oxidation sites excluding steroid dienone is 1. The highest BCUT2D eigenvalue weighted by molar-refractivity contribution is 9.10. The van der Waals surface area contributed by atoms with E-state index >= 15 is 0 Å². The lowest BCUT2D eigenvalue weighted by Gasteiger charge is -2.26. The zero-order valence-electron chi connectivity index (χ0n) is 23.9. The van der Waals surface area contributed by atoms with Crippen LogP contribution in [0.15, 0.2) is 90.7 Å². The minimum atomic E-state index is -0.805. The van der Waals surface area contributed by atoms with Crippen molar-refractivity contribution in [1.29, 1.82) is 0 Å². The summed E-state index contributed by atoms with van der Waals surface area (Å²) in [6.45, 7) is 4.11. The Hall–Kier alpha value is -3.67. The van der Waals surface area contributed by atoms with Crippen LogP contribution in [0, 0.1) is 0 Å². The fourth-order valence-electron chi connectivity index (χ4n) is 4.72. The molecule has 1 aliphatic rings. The van der Waals surface area contributed by atoms with Gasteiger partial charge in [0.05, 0.1) is 42.7 Å². The maximum Gasteiger partial charge on any atom is 0.338 e. The number of carbonyl (C=O) groups is 1. The Morgan fingerprint density at radius 2 is 1.70 bits per heavy atom. The maximum absolute atomic E-state index is 14.0. The smallest absolute Gasteiger partial charge is 0.338 e. The molecule has 0 N–H and O–H groups in total. The Morgan fingerprint density at radius 3 is 2.35 bits per heavy atom. The van der Waals surface area contributed by atoms with Crippen LogP contribution in [-0.2, 0) is 16.1 Å². The summed E-state index contributed by atoms with van der Waals surface area (Å²) in [7, 11) is 3.08. The summed E-state index contributed by atoms with van der Waals surface area (Å²) in [5.41, 5.74) is 2.99. The van der Waals surface area contributed by atoms with Gasteiger partial charge >= 0.3 is 5.97 Å². The highest BCUT2D eigenvalue weighted by Crippen LogP contribution is 2.40. The molecule has 0 radical (unpaired) electrons. The number of esters is 1. The molecule has 0 saturated carbocycles. The van der Waals surface area contributed by atoms with Gasteiger partial charge in [-0.05, 0) is 73.0 Å². The summed E-state index contributed by atoms with van der Waals surface area (Å²) < 4.78 is 26.0. The Labute approximate surface area is 269 Å². The third kappa shape index (κ3) is 6.48. The van der Waals surface area contributed by atoms with Crippen LogP contribution in [0.25, 0.3) is 6.08 Å². The van der Waals surface area contributed by atoms with Crippen molar-refractivity contribution in [2.45, 2.75) is 26.5 Å². The van der Waals surface area contributed by atoms with Crippen LogP contribution >= 0.6 is 43.2 Å². The molecule has 0 bridgehead atoms. The van der Waals surface area contributed by atoms with E-state index in [-0.39, 0.29) is 17.7 Å². The monoisotopic (exact) mass is 726 g/mol. The van der Waals surface area contributed by atoms with Crippen LogP contribution in [0.1, 0.15) is 36.6 Å². The number of carbonyl (C=O) groups excluding carboxylic acids is 1. The van der Waals surface area contributed by atoms with Gasteiger partial charge in [-0.3, -0.25) is 9.36 Å². The zero-order valence-corrected chi connectivity index (χ0v) is 27.8. The number of rotatable bonds is 9. The van der Waals surface area contributed by atoms with Gasteiger partial charge < -0.3 is 18.9 Å². The quantitative estimate of drug-likeness (QED) is 0.199. The molecule has 8 nitrogen and oxygen atoms in total. The number of methoxy groups -OCH3 is 2. The van der Waals surface area contributed by atoms with Crippen molar-refractivity contribution >= 4 is 55.2 Å². The van der Waals surface area contributed by atoms with Gasteiger partial charge in [-0.1, -0.05) is 67.5 Å². The van der Waals surface area contributed by atoms with Gasteiger partial charge in [0, 0.05) is 8.95 Å². The molecule has 4 aromatic rings. The van der Waals surface area contributed by atoms with Gasteiger partial charge in [-0.15, -0.1) is 0 Å². The lowest BCUT2D eigenvalue weighted by Crippen LogP contribution is -2.40. The second kappa shape index (κ2) is 13.3. The molecular weight excluding hydrogens is 700 g/mol. The number of nitrogens with zero attached hydrogens (tertiary/aromatic N) is 2. The second-order valence-corrected chi connectivity index (χ2v) is 12.3. The van der Waals surface area contributed by atoms with Gasteiger partial charge in [0.25, 0.3) is 5.56 Å². The van der Waals surface area contributed by atoms with Crippen molar-refractivity contribution in [3.8, 4) is 17.2 Å². The van der Waals surface area contributed by atoms with Gasteiger partial charge in [0.15, 0.2) is 16.3 Å². The van der Waals surface area contributed by atoms with E-state index in [0.717, 1.165) is 21.3 Å². The Kier molecular flexibility index (Phi) is 9.53. The molecule has 222 valence electrons. The molecule has 0 unspecified atom stereocenters. The first-order valence-corrected chi connectivity index (χ1v) is 15.7. The van der Waals surface area contributed by atoms with E-state index in [1.165, 1.54) is 23.0 Å². The van der Waals surface area contributed by atoms with Crippen molar-refractivity contribution in [1.82, 2.24) is 4.57 Å². The Bertz CT molecular complexity index is 1880. The van der Waals surface area contributed by atoms with Crippen molar-refractivity contribution in [2.24, 2.45) is 4.99 Å². The fourth-order valence-corrected chi connectivity index (χ4v) is 6.57. The minimum Gasteiger partial charge on any atom is -0.493 e. The summed E-state index contributed by atoms with van der Waals surface area (Å²) in [6, 6.07) is 18.2. The van der Waals surface area contributed by atoms with Gasteiger partial charge in [-0.2, -0.15) is 0 Å². The standard InChI is InChI=1S/C32H28Br2N2O6S/c1-5-41-31(38)28-18(2)35-32-36(29(28)23-15-25(39-3)26(40-4)16-24(23)34)30(37)27(43-32)14-19-8-12-22(13-9-19)42-17-20-6-10-21(33)11-7-20/h6-16,29H,5,17H2,1-4H3/b27-14-/t29-/m1/s1. The molecule has 1 atom stereocenters. The molecule has 0 saturated heterocycles. The highest BCUT2D eigenvalue weighted by atomic mass is 79.9. The van der Waals surface area contributed by atoms with E-state index < -0.39 is 12.0 Å². The average Bonchev–Trinajstić information content (AvgIpc) is 3.30. The highest BCUT2D eigenvalue weighted by Gasteiger charge is 2.35. The first-order chi connectivity index (χ1) is 20.7. The van der Waals surface area contributed by atoms with Crippen molar-refractivity contribution < 1.29 is 23.7 Å². The van der Waals surface area contributed by atoms with Crippen LogP contribution in [0.2, 0.25) is 0 Å².